The number of benzene rings is 1. The van der Waals surface area contributed by atoms with Gasteiger partial charge < -0.3 is 10.6 Å². The number of aryl methyl sites for hydroxylation is 1. The molecule has 0 aliphatic heterocycles. The van der Waals surface area contributed by atoms with Crippen molar-refractivity contribution in [2.45, 2.75) is 13.1 Å². The highest BCUT2D eigenvalue weighted by molar-refractivity contribution is 6.04. The van der Waals surface area contributed by atoms with E-state index in [1.807, 2.05) is 13.0 Å². The smallest absolute Gasteiger partial charge is 0.354 e. The van der Waals surface area contributed by atoms with E-state index >= 15 is 0 Å². The van der Waals surface area contributed by atoms with E-state index in [2.05, 4.69) is 30.6 Å². The Morgan fingerprint density at radius 2 is 1.64 bits per heavy atom. The summed E-state index contributed by atoms with van der Waals surface area (Å²) in [6.45, 7) is 1.89. The third-order valence-electron chi connectivity index (χ3n) is 5.28. The molecule has 0 fully saturated rings. The van der Waals surface area contributed by atoms with Gasteiger partial charge in [0, 0.05) is 42.5 Å². The van der Waals surface area contributed by atoms with E-state index in [0.717, 1.165) is 35.0 Å². The first kappa shape index (κ1) is 24.5. The van der Waals surface area contributed by atoms with Gasteiger partial charge in [-0.1, -0.05) is 6.07 Å². The van der Waals surface area contributed by atoms with Crippen molar-refractivity contribution in [2.75, 3.05) is 12.4 Å². The Morgan fingerprint density at radius 3 is 2.33 bits per heavy atom. The van der Waals surface area contributed by atoms with Crippen LogP contribution in [0, 0.1) is 6.92 Å². The quantitative estimate of drug-likeness (QED) is 0.423. The van der Waals surface area contributed by atoms with Crippen molar-refractivity contribution >= 4 is 17.5 Å². The minimum Gasteiger partial charge on any atom is -0.354 e. The number of carbonyl (C=O) groups is 2. The number of halogens is 3. The van der Waals surface area contributed by atoms with Gasteiger partial charge in [-0.2, -0.15) is 13.2 Å². The van der Waals surface area contributed by atoms with Crippen molar-refractivity contribution in [3.63, 3.8) is 0 Å². The van der Waals surface area contributed by atoms with Crippen LogP contribution in [0.4, 0.5) is 18.9 Å². The average Bonchev–Trinajstić information content (AvgIpc) is 2.89. The molecule has 3 heterocycles. The number of alkyl halides is 3. The summed E-state index contributed by atoms with van der Waals surface area (Å²) in [5.74, 6) is -0.939. The van der Waals surface area contributed by atoms with Gasteiger partial charge in [-0.05, 0) is 54.4 Å². The van der Waals surface area contributed by atoms with Crippen LogP contribution in [0.3, 0.4) is 0 Å². The van der Waals surface area contributed by atoms with E-state index in [1.165, 1.54) is 13.4 Å². The lowest BCUT2D eigenvalue weighted by atomic mass is 9.99. The van der Waals surface area contributed by atoms with Gasteiger partial charge >= 0.3 is 6.18 Å². The van der Waals surface area contributed by atoms with Gasteiger partial charge in [-0.3, -0.25) is 19.6 Å². The summed E-state index contributed by atoms with van der Waals surface area (Å²) < 4.78 is 38.2. The number of pyridine rings is 2. The number of amides is 2. The van der Waals surface area contributed by atoms with Crippen LogP contribution in [0.1, 0.15) is 32.1 Å². The predicted octanol–water partition coefficient (Wildman–Crippen LogP) is 4.54. The van der Waals surface area contributed by atoms with Crippen molar-refractivity contribution < 1.29 is 22.8 Å². The molecule has 4 aromatic rings. The van der Waals surface area contributed by atoms with Crippen LogP contribution in [0.15, 0.2) is 67.4 Å². The maximum atomic E-state index is 12.7. The molecule has 2 N–H and O–H groups in total. The number of nitrogens with zero attached hydrogens (tertiary/aromatic N) is 4. The third-order valence-corrected chi connectivity index (χ3v) is 5.28. The number of carbonyl (C=O) groups excluding carboxylic acids is 2. The van der Waals surface area contributed by atoms with Crippen LogP contribution < -0.4 is 10.6 Å². The summed E-state index contributed by atoms with van der Waals surface area (Å²) in [5.41, 5.74) is 3.14. The van der Waals surface area contributed by atoms with E-state index in [9.17, 15) is 22.8 Å². The first-order chi connectivity index (χ1) is 17.2. The molecule has 0 atom stereocenters. The number of rotatable bonds is 5. The van der Waals surface area contributed by atoms with Gasteiger partial charge in [0.25, 0.3) is 11.8 Å². The van der Waals surface area contributed by atoms with Gasteiger partial charge in [-0.25, -0.2) is 9.97 Å². The van der Waals surface area contributed by atoms with Crippen molar-refractivity contribution in [1.29, 1.82) is 0 Å². The fraction of sp³-hybridized carbons (Fsp3) is 0.120. The van der Waals surface area contributed by atoms with Crippen LogP contribution >= 0.6 is 0 Å². The Kier molecular flexibility index (Phi) is 6.73. The molecule has 0 spiro atoms. The van der Waals surface area contributed by atoms with Crippen LogP contribution in [-0.4, -0.2) is 38.8 Å². The average molecular weight is 492 g/mol. The second kappa shape index (κ2) is 9.90. The first-order valence-corrected chi connectivity index (χ1v) is 10.6. The van der Waals surface area contributed by atoms with E-state index < -0.39 is 17.8 Å². The summed E-state index contributed by atoms with van der Waals surface area (Å²) in [5, 5.41) is 5.20. The molecule has 0 bridgehead atoms. The Bertz CT molecular complexity index is 1440. The molecule has 182 valence electrons. The standard InChI is InChI=1S/C25H19F3N6O2/c1-14-3-5-18(34-23(35)15-4-6-22(31-12-15)25(26,27)28)8-19(14)16-7-17(11-30-10-16)20-9-21(24(36)29-2)33-13-32-20/h3-13H,1-2H3,(H,29,36)(H,34,35). The molecule has 0 saturated heterocycles. The fourth-order valence-corrected chi connectivity index (χ4v) is 3.40. The van der Waals surface area contributed by atoms with Gasteiger partial charge in [0.15, 0.2) is 0 Å². The molecule has 8 nitrogen and oxygen atoms in total. The molecule has 2 amide bonds. The van der Waals surface area contributed by atoms with Crippen molar-refractivity contribution in [3.05, 3.63) is 89.9 Å². The number of hydrogen-bond donors (Lipinski definition) is 2. The molecule has 0 aliphatic carbocycles. The largest absolute Gasteiger partial charge is 0.433 e. The first-order valence-electron chi connectivity index (χ1n) is 10.6. The molecule has 3 aromatic heterocycles. The highest BCUT2D eigenvalue weighted by atomic mass is 19.4. The minimum absolute atomic E-state index is 0.00975. The molecule has 0 radical (unpaired) electrons. The van der Waals surface area contributed by atoms with Crippen molar-refractivity contribution in [3.8, 4) is 22.4 Å². The normalized spacial score (nSPS) is 11.1. The summed E-state index contributed by atoms with van der Waals surface area (Å²) in [6, 6.07) is 10.5. The van der Waals surface area contributed by atoms with Crippen LogP contribution in [-0.2, 0) is 6.18 Å². The molecule has 0 unspecified atom stereocenters. The Labute approximate surface area is 203 Å². The molecular formula is C25H19F3N6O2. The third kappa shape index (κ3) is 5.35. The molecule has 4 rings (SSSR count). The zero-order valence-electron chi connectivity index (χ0n) is 19.1. The van der Waals surface area contributed by atoms with Crippen LogP contribution in [0.5, 0.6) is 0 Å². The lowest BCUT2D eigenvalue weighted by molar-refractivity contribution is -0.141. The van der Waals surface area contributed by atoms with E-state index in [1.54, 1.807) is 36.7 Å². The minimum atomic E-state index is -4.58. The predicted molar refractivity (Wildman–Crippen MR) is 126 cm³/mol. The van der Waals surface area contributed by atoms with Crippen molar-refractivity contribution in [1.82, 2.24) is 25.3 Å². The van der Waals surface area contributed by atoms with Crippen molar-refractivity contribution in [2.24, 2.45) is 0 Å². The van der Waals surface area contributed by atoms with Gasteiger partial charge in [0.2, 0.25) is 0 Å². The Morgan fingerprint density at radius 1 is 0.861 bits per heavy atom. The van der Waals surface area contributed by atoms with Gasteiger partial charge in [0.05, 0.1) is 11.3 Å². The summed E-state index contributed by atoms with van der Waals surface area (Å²) >= 11 is 0. The lowest BCUT2D eigenvalue weighted by Crippen LogP contribution is -2.19. The Balaban J connectivity index is 1.60. The molecule has 1 aromatic carbocycles. The monoisotopic (exact) mass is 492 g/mol. The number of anilines is 1. The molecular weight excluding hydrogens is 473 g/mol. The molecule has 11 heteroatoms. The highest BCUT2D eigenvalue weighted by Gasteiger charge is 2.32. The maximum absolute atomic E-state index is 12.7. The maximum Gasteiger partial charge on any atom is 0.433 e. The van der Waals surface area contributed by atoms with E-state index in [-0.39, 0.29) is 17.2 Å². The highest BCUT2D eigenvalue weighted by Crippen LogP contribution is 2.30. The summed E-state index contributed by atoms with van der Waals surface area (Å²) in [4.78, 5) is 40.3. The molecule has 0 aliphatic rings. The van der Waals surface area contributed by atoms with Gasteiger partial charge in [-0.15, -0.1) is 0 Å². The second-order valence-electron chi connectivity index (χ2n) is 7.74. The molecule has 0 saturated carbocycles. The second-order valence-corrected chi connectivity index (χ2v) is 7.74. The van der Waals surface area contributed by atoms with Crippen LogP contribution in [0.25, 0.3) is 22.4 Å². The summed E-state index contributed by atoms with van der Waals surface area (Å²) in [6.07, 6.45) is 0.856. The van der Waals surface area contributed by atoms with Gasteiger partial charge in [0.1, 0.15) is 17.7 Å². The molecule has 36 heavy (non-hydrogen) atoms. The zero-order valence-corrected chi connectivity index (χ0v) is 19.1. The number of nitrogens with one attached hydrogen (secondary N) is 2. The zero-order chi connectivity index (χ0) is 25.9. The summed E-state index contributed by atoms with van der Waals surface area (Å²) in [7, 11) is 1.51. The van der Waals surface area contributed by atoms with E-state index in [4.69, 9.17) is 0 Å². The van der Waals surface area contributed by atoms with E-state index in [0.29, 0.717) is 16.9 Å². The topological polar surface area (TPSA) is 110 Å². The lowest BCUT2D eigenvalue weighted by Gasteiger charge is -2.12. The number of aromatic nitrogens is 4. The van der Waals surface area contributed by atoms with Crippen LogP contribution in [0.2, 0.25) is 0 Å². The SMILES string of the molecule is CNC(=O)c1cc(-c2cncc(-c3cc(NC(=O)c4ccc(C(F)(F)F)nc4)ccc3C)c2)ncn1. The Hall–Kier alpha value is -4.67. The fourth-order valence-electron chi connectivity index (χ4n) is 3.40. The number of hydrogen-bond acceptors (Lipinski definition) is 6.